The fourth-order valence-corrected chi connectivity index (χ4v) is 2.33. The summed E-state index contributed by atoms with van der Waals surface area (Å²) in [6.07, 6.45) is 0. The lowest BCUT2D eigenvalue weighted by molar-refractivity contribution is 0.101. The SMILES string of the molecule is CC(=O)c1ccc(Nc2cc(C)nc(Nc3ccc(F)c(F)c3)n2)cc1. The predicted molar refractivity (Wildman–Crippen MR) is 96.1 cm³/mol. The largest absolute Gasteiger partial charge is 0.340 e. The number of halogens is 2. The molecule has 132 valence electrons. The zero-order valence-electron chi connectivity index (χ0n) is 14.2. The summed E-state index contributed by atoms with van der Waals surface area (Å²) in [7, 11) is 0. The average Bonchev–Trinajstić information content (AvgIpc) is 2.58. The van der Waals surface area contributed by atoms with E-state index in [9.17, 15) is 13.6 Å². The molecule has 0 atom stereocenters. The normalized spacial score (nSPS) is 10.5. The minimum atomic E-state index is -0.952. The molecule has 0 aliphatic rings. The summed E-state index contributed by atoms with van der Waals surface area (Å²) in [5, 5.41) is 5.97. The molecule has 5 nitrogen and oxygen atoms in total. The molecule has 1 heterocycles. The maximum absolute atomic E-state index is 13.3. The zero-order chi connectivity index (χ0) is 18.7. The molecule has 0 aliphatic carbocycles. The van der Waals surface area contributed by atoms with Gasteiger partial charge in [0.2, 0.25) is 5.95 Å². The number of Topliss-reactive ketones (excluding diaryl/α,β-unsaturated/α-hetero) is 1. The summed E-state index contributed by atoms with van der Waals surface area (Å²) in [5.74, 6) is -1.10. The summed E-state index contributed by atoms with van der Waals surface area (Å²) < 4.78 is 26.3. The summed E-state index contributed by atoms with van der Waals surface area (Å²) in [5.41, 5.74) is 2.40. The van der Waals surface area contributed by atoms with Crippen LogP contribution in [0.3, 0.4) is 0 Å². The van der Waals surface area contributed by atoms with E-state index in [0.29, 0.717) is 22.8 Å². The first-order valence-electron chi connectivity index (χ1n) is 7.86. The monoisotopic (exact) mass is 354 g/mol. The standard InChI is InChI=1S/C19H16F2N4O/c1-11-9-18(23-14-5-3-13(4-6-14)12(2)26)25-19(22-11)24-15-7-8-16(20)17(21)10-15/h3-10H,1-2H3,(H2,22,23,24,25). The number of nitrogens with one attached hydrogen (secondary N) is 2. The highest BCUT2D eigenvalue weighted by molar-refractivity contribution is 5.94. The Kier molecular flexibility index (Phi) is 4.88. The minimum absolute atomic E-state index is 0.00699. The van der Waals surface area contributed by atoms with Crippen LogP contribution in [0.25, 0.3) is 0 Å². The molecule has 2 N–H and O–H groups in total. The highest BCUT2D eigenvalue weighted by atomic mass is 19.2. The number of aromatic nitrogens is 2. The molecule has 3 rings (SSSR count). The number of nitrogens with zero attached hydrogens (tertiary/aromatic N) is 2. The van der Waals surface area contributed by atoms with Crippen molar-refractivity contribution in [1.82, 2.24) is 9.97 Å². The maximum atomic E-state index is 13.3. The molecular formula is C19H16F2N4O. The van der Waals surface area contributed by atoms with Gasteiger partial charge in [0.1, 0.15) is 5.82 Å². The lowest BCUT2D eigenvalue weighted by Gasteiger charge is -2.10. The fraction of sp³-hybridized carbons (Fsp3) is 0.105. The highest BCUT2D eigenvalue weighted by Crippen LogP contribution is 2.21. The molecule has 7 heteroatoms. The molecule has 3 aromatic rings. The number of ketones is 1. The topological polar surface area (TPSA) is 66.9 Å². The number of anilines is 4. The number of hydrogen-bond acceptors (Lipinski definition) is 5. The lowest BCUT2D eigenvalue weighted by Crippen LogP contribution is -2.03. The molecular weight excluding hydrogens is 338 g/mol. The van der Waals surface area contributed by atoms with E-state index in [4.69, 9.17) is 0 Å². The van der Waals surface area contributed by atoms with Crippen LogP contribution in [0.15, 0.2) is 48.5 Å². The van der Waals surface area contributed by atoms with Crippen molar-refractivity contribution in [2.75, 3.05) is 10.6 Å². The van der Waals surface area contributed by atoms with E-state index in [0.717, 1.165) is 17.8 Å². The van der Waals surface area contributed by atoms with Crippen LogP contribution >= 0.6 is 0 Å². The Bertz CT molecular complexity index is 958. The Morgan fingerprint density at radius 2 is 1.58 bits per heavy atom. The molecule has 0 unspecified atom stereocenters. The first kappa shape index (κ1) is 17.5. The Morgan fingerprint density at radius 1 is 0.885 bits per heavy atom. The third-order valence-electron chi connectivity index (χ3n) is 3.59. The van der Waals surface area contributed by atoms with E-state index in [1.165, 1.54) is 13.0 Å². The third kappa shape index (κ3) is 4.18. The molecule has 0 fully saturated rings. The van der Waals surface area contributed by atoms with Crippen molar-refractivity contribution in [3.05, 3.63) is 71.4 Å². The van der Waals surface area contributed by atoms with Gasteiger partial charge in [-0.25, -0.2) is 13.8 Å². The summed E-state index contributed by atoms with van der Waals surface area (Å²) >= 11 is 0. The van der Waals surface area contributed by atoms with Gasteiger partial charge in [-0.05, 0) is 50.2 Å². The first-order chi connectivity index (χ1) is 12.4. The number of hydrogen-bond donors (Lipinski definition) is 2. The van der Waals surface area contributed by atoms with Gasteiger partial charge in [0, 0.05) is 34.8 Å². The van der Waals surface area contributed by atoms with Crippen LogP contribution in [0.4, 0.5) is 31.9 Å². The van der Waals surface area contributed by atoms with Crippen LogP contribution in [-0.2, 0) is 0 Å². The lowest BCUT2D eigenvalue weighted by atomic mass is 10.1. The quantitative estimate of drug-likeness (QED) is 0.647. The van der Waals surface area contributed by atoms with E-state index in [1.807, 2.05) is 0 Å². The van der Waals surface area contributed by atoms with Crippen molar-refractivity contribution < 1.29 is 13.6 Å². The van der Waals surface area contributed by atoms with Crippen LogP contribution in [0, 0.1) is 18.6 Å². The van der Waals surface area contributed by atoms with Crippen molar-refractivity contribution in [2.45, 2.75) is 13.8 Å². The van der Waals surface area contributed by atoms with E-state index in [1.54, 1.807) is 37.3 Å². The van der Waals surface area contributed by atoms with Crippen LogP contribution in [0.5, 0.6) is 0 Å². The molecule has 0 saturated heterocycles. The van der Waals surface area contributed by atoms with Gasteiger partial charge in [-0.15, -0.1) is 0 Å². The van der Waals surface area contributed by atoms with E-state index in [-0.39, 0.29) is 11.7 Å². The van der Waals surface area contributed by atoms with E-state index >= 15 is 0 Å². The fourth-order valence-electron chi connectivity index (χ4n) is 2.33. The van der Waals surface area contributed by atoms with Gasteiger partial charge in [0.25, 0.3) is 0 Å². The summed E-state index contributed by atoms with van der Waals surface area (Å²) in [4.78, 5) is 19.9. The zero-order valence-corrected chi connectivity index (χ0v) is 14.2. The number of aryl methyl sites for hydroxylation is 1. The molecule has 0 amide bonds. The number of carbonyl (C=O) groups excluding carboxylic acids is 1. The molecule has 0 bridgehead atoms. The maximum Gasteiger partial charge on any atom is 0.229 e. The summed E-state index contributed by atoms with van der Waals surface area (Å²) in [6, 6.07) is 12.2. The van der Waals surface area contributed by atoms with Crippen LogP contribution in [-0.4, -0.2) is 15.8 Å². The Morgan fingerprint density at radius 3 is 2.23 bits per heavy atom. The van der Waals surface area contributed by atoms with Crippen molar-refractivity contribution in [1.29, 1.82) is 0 Å². The molecule has 0 radical (unpaired) electrons. The minimum Gasteiger partial charge on any atom is -0.340 e. The Labute approximate surface area is 149 Å². The van der Waals surface area contributed by atoms with Crippen molar-refractivity contribution in [3.63, 3.8) is 0 Å². The van der Waals surface area contributed by atoms with Gasteiger partial charge in [-0.2, -0.15) is 4.98 Å². The summed E-state index contributed by atoms with van der Waals surface area (Å²) in [6.45, 7) is 3.30. The number of rotatable bonds is 5. The first-order valence-corrected chi connectivity index (χ1v) is 7.86. The second-order valence-electron chi connectivity index (χ2n) is 5.73. The van der Waals surface area contributed by atoms with Crippen molar-refractivity contribution in [3.8, 4) is 0 Å². The Balaban J connectivity index is 1.80. The highest BCUT2D eigenvalue weighted by Gasteiger charge is 2.07. The van der Waals surface area contributed by atoms with E-state index in [2.05, 4.69) is 20.6 Å². The number of benzene rings is 2. The molecule has 0 aliphatic heterocycles. The molecule has 26 heavy (non-hydrogen) atoms. The van der Waals surface area contributed by atoms with Crippen molar-refractivity contribution in [2.24, 2.45) is 0 Å². The van der Waals surface area contributed by atoms with Gasteiger partial charge in [0.15, 0.2) is 17.4 Å². The van der Waals surface area contributed by atoms with Crippen LogP contribution in [0.2, 0.25) is 0 Å². The predicted octanol–water partition coefficient (Wildman–Crippen LogP) is 4.75. The van der Waals surface area contributed by atoms with Gasteiger partial charge in [-0.1, -0.05) is 0 Å². The second kappa shape index (κ2) is 7.26. The smallest absolute Gasteiger partial charge is 0.229 e. The average molecular weight is 354 g/mol. The van der Waals surface area contributed by atoms with Gasteiger partial charge in [0.05, 0.1) is 0 Å². The molecule has 0 spiro atoms. The van der Waals surface area contributed by atoms with Crippen molar-refractivity contribution >= 4 is 28.9 Å². The van der Waals surface area contributed by atoms with Crippen LogP contribution in [0.1, 0.15) is 23.0 Å². The molecule has 0 saturated carbocycles. The van der Waals surface area contributed by atoms with Gasteiger partial charge < -0.3 is 10.6 Å². The van der Waals surface area contributed by atoms with Gasteiger partial charge in [-0.3, -0.25) is 4.79 Å². The third-order valence-corrected chi connectivity index (χ3v) is 3.59. The van der Waals surface area contributed by atoms with Gasteiger partial charge >= 0.3 is 0 Å². The second-order valence-corrected chi connectivity index (χ2v) is 5.73. The van der Waals surface area contributed by atoms with Crippen LogP contribution < -0.4 is 10.6 Å². The number of carbonyl (C=O) groups is 1. The molecule has 1 aromatic heterocycles. The Hall–Kier alpha value is -3.35. The van der Waals surface area contributed by atoms with E-state index < -0.39 is 11.6 Å². The molecule has 2 aromatic carbocycles.